The number of hydrogen-bond acceptors (Lipinski definition) is 5. The summed E-state index contributed by atoms with van der Waals surface area (Å²) < 4.78 is 0. The van der Waals surface area contributed by atoms with Crippen LogP contribution in [0.4, 0.5) is 11.6 Å². The number of carbonyl (C=O) groups is 1. The quantitative estimate of drug-likeness (QED) is 0.646. The van der Waals surface area contributed by atoms with Crippen molar-refractivity contribution in [2.75, 3.05) is 11.1 Å². The summed E-state index contributed by atoms with van der Waals surface area (Å²) in [6, 6.07) is -0.456. The second-order valence-corrected chi connectivity index (χ2v) is 3.59. The first-order chi connectivity index (χ1) is 7.00. The molecule has 0 bridgehead atoms. The van der Waals surface area contributed by atoms with Gasteiger partial charge in [0.25, 0.3) is 0 Å². The van der Waals surface area contributed by atoms with Crippen molar-refractivity contribution in [2.24, 2.45) is 11.7 Å². The summed E-state index contributed by atoms with van der Waals surface area (Å²) in [4.78, 5) is 18.9. The molecule has 0 aliphatic rings. The second-order valence-electron chi connectivity index (χ2n) is 3.59. The van der Waals surface area contributed by atoms with Crippen molar-refractivity contribution in [3.8, 4) is 0 Å². The highest BCUT2D eigenvalue weighted by atomic mass is 16.1. The fourth-order valence-electron chi connectivity index (χ4n) is 1.14. The van der Waals surface area contributed by atoms with Crippen LogP contribution in [0.5, 0.6) is 0 Å². The normalized spacial score (nSPS) is 12.5. The van der Waals surface area contributed by atoms with E-state index in [0.29, 0.717) is 11.6 Å². The summed E-state index contributed by atoms with van der Waals surface area (Å²) in [6.45, 7) is 3.79. The third kappa shape index (κ3) is 3.08. The van der Waals surface area contributed by atoms with Gasteiger partial charge in [0.1, 0.15) is 17.7 Å². The molecule has 6 heteroatoms. The van der Waals surface area contributed by atoms with E-state index in [2.05, 4.69) is 15.3 Å². The van der Waals surface area contributed by atoms with Crippen LogP contribution >= 0.6 is 0 Å². The molecule has 0 fully saturated rings. The topological polar surface area (TPSA) is 107 Å². The minimum atomic E-state index is -0.456. The number of nitrogen functional groups attached to an aromatic ring is 1. The van der Waals surface area contributed by atoms with Crippen molar-refractivity contribution in [1.82, 2.24) is 9.97 Å². The third-order valence-electron chi connectivity index (χ3n) is 1.95. The molecule has 0 aliphatic heterocycles. The molecule has 15 heavy (non-hydrogen) atoms. The number of aromatic nitrogens is 2. The highest BCUT2D eigenvalue weighted by Crippen LogP contribution is 2.09. The zero-order chi connectivity index (χ0) is 11.4. The standard InChI is InChI=1S/C9H15N5O/c1-5(2)8(9(11)15)14-7-4-12-6(10)3-13-7/h3-5,8H,1-2H3,(H2,10,12)(H2,11,15)(H,13,14). The van der Waals surface area contributed by atoms with E-state index in [9.17, 15) is 4.79 Å². The van der Waals surface area contributed by atoms with Gasteiger partial charge in [-0.05, 0) is 5.92 Å². The molecule has 1 rings (SSSR count). The Bertz CT molecular complexity index is 335. The van der Waals surface area contributed by atoms with E-state index >= 15 is 0 Å². The maximum atomic E-state index is 11.1. The molecule has 1 atom stereocenters. The summed E-state index contributed by atoms with van der Waals surface area (Å²) in [7, 11) is 0. The van der Waals surface area contributed by atoms with Crippen LogP contribution in [0.3, 0.4) is 0 Å². The Morgan fingerprint density at radius 1 is 1.40 bits per heavy atom. The lowest BCUT2D eigenvalue weighted by Crippen LogP contribution is -2.39. The number of rotatable bonds is 4. The lowest BCUT2D eigenvalue weighted by Gasteiger charge is -2.18. The Balaban J connectivity index is 2.74. The van der Waals surface area contributed by atoms with Crippen molar-refractivity contribution in [2.45, 2.75) is 19.9 Å². The number of primary amides is 1. The molecule has 1 amide bonds. The SMILES string of the molecule is CC(C)C(Nc1cnc(N)cn1)C(N)=O. The number of amides is 1. The summed E-state index contributed by atoms with van der Waals surface area (Å²) in [5.74, 6) is 0.493. The molecule has 82 valence electrons. The van der Waals surface area contributed by atoms with Gasteiger partial charge in [-0.25, -0.2) is 9.97 Å². The molecule has 5 N–H and O–H groups in total. The summed E-state index contributed by atoms with van der Waals surface area (Å²) in [5.41, 5.74) is 10.6. The van der Waals surface area contributed by atoms with Gasteiger partial charge >= 0.3 is 0 Å². The van der Waals surface area contributed by atoms with Crippen LogP contribution in [0, 0.1) is 5.92 Å². The Hall–Kier alpha value is -1.85. The molecule has 0 aromatic carbocycles. The molecule has 0 saturated carbocycles. The van der Waals surface area contributed by atoms with Gasteiger partial charge in [-0.1, -0.05) is 13.8 Å². The van der Waals surface area contributed by atoms with Gasteiger partial charge in [0.2, 0.25) is 5.91 Å². The third-order valence-corrected chi connectivity index (χ3v) is 1.95. The maximum Gasteiger partial charge on any atom is 0.240 e. The van der Waals surface area contributed by atoms with Gasteiger partial charge in [0.15, 0.2) is 0 Å². The summed E-state index contributed by atoms with van der Waals surface area (Å²) in [6.07, 6.45) is 2.88. The molecule has 1 aromatic rings. The van der Waals surface area contributed by atoms with Crippen LogP contribution in [0.15, 0.2) is 12.4 Å². The lowest BCUT2D eigenvalue weighted by molar-refractivity contribution is -0.119. The zero-order valence-electron chi connectivity index (χ0n) is 8.77. The van der Waals surface area contributed by atoms with Crippen molar-refractivity contribution in [3.63, 3.8) is 0 Å². The molecule has 6 nitrogen and oxygen atoms in total. The van der Waals surface area contributed by atoms with Gasteiger partial charge in [0.05, 0.1) is 12.4 Å². The molecule has 0 aliphatic carbocycles. The van der Waals surface area contributed by atoms with Crippen LogP contribution in [0.1, 0.15) is 13.8 Å². The van der Waals surface area contributed by atoms with Crippen LogP contribution in [-0.2, 0) is 4.79 Å². The number of anilines is 2. The Labute approximate surface area is 88.1 Å². The van der Waals surface area contributed by atoms with Crippen LogP contribution < -0.4 is 16.8 Å². The first-order valence-corrected chi connectivity index (χ1v) is 4.64. The smallest absolute Gasteiger partial charge is 0.240 e. The monoisotopic (exact) mass is 209 g/mol. The van der Waals surface area contributed by atoms with Crippen molar-refractivity contribution >= 4 is 17.5 Å². The van der Waals surface area contributed by atoms with E-state index in [1.807, 2.05) is 13.8 Å². The molecule has 0 radical (unpaired) electrons. The number of hydrogen-bond donors (Lipinski definition) is 3. The molecule has 0 saturated heterocycles. The van der Waals surface area contributed by atoms with Crippen molar-refractivity contribution in [3.05, 3.63) is 12.4 Å². The maximum absolute atomic E-state index is 11.1. The molecule has 1 aromatic heterocycles. The van der Waals surface area contributed by atoms with Gasteiger partial charge < -0.3 is 16.8 Å². The van der Waals surface area contributed by atoms with Crippen LogP contribution in [0.25, 0.3) is 0 Å². The Morgan fingerprint density at radius 3 is 2.47 bits per heavy atom. The van der Waals surface area contributed by atoms with E-state index < -0.39 is 11.9 Å². The van der Waals surface area contributed by atoms with Crippen molar-refractivity contribution < 1.29 is 4.79 Å². The minimum absolute atomic E-state index is 0.0850. The lowest BCUT2D eigenvalue weighted by atomic mass is 10.0. The fourth-order valence-corrected chi connectivity index (χ4v) is 1.14. The fraction of sp³-hybridized carbons (Fsp3) is 0.444. The second kappa shape index (κ2) is 4.59. The highest BCUT2D eigenvalue weighted by molar-refractivity contribution is 5.82. The van der Waals surface area contributed by atoms with E-state index in [1.165, 1.54) is 12.4 Å². The number of nitrogens with zero attached hydrogens (tertiary/aromatic N) is 2. The number of nitrogens with two attached hydrogens (primary N) is 2. The Morgan fingerprint density at radius 2 is 2.07 bits per heavy atom. The van der Waals surface area contributed by atoms with E-state index in [4.69, 9.17) is 11.5 Å². The number of nitrogens with one attached hydrogen (secondary N) is 1. The zero-order valence-corrected chi connectivity index (χ0v) is 8.77. The molecule has 0 spiro atoms. The largest absolute Gasteiger partial charge is 0.382 e. The first-order valence-electron chi connectivity index (χ1n) is 4.64. The van der Waals surface area contributed by atoms with Crippen LogP contribution in [-0.4, -0.2) is 21.9 Å². The predicted molar refractivity (Wildman–Crippen MR) is 57.9 cm³/mol. The average molecular weight is 209 g/mol. The van der Waals surface area contributed by atoms with Crippen LogP contribution in [0.2, 0.25) is 0 Å². The molecule has 1 heterocycles. The highest BCUT2D eigenvalue weighted by Gasteiger charge is 2.19. The first kappa shape index (κ1) is 11.2. The van der Waals surface area contributed by atoms with Gasteiger partial charge in [-0.15, -0.1) is 0 Å². The number of carbonyl (C=O) groups excluding carboxylic acids is 1. The van der Waals surface area contributed by atoms with Gasteiger partial charge in [0, 0.05) is 0 Å². The van der Waals surface area contributed by atoms with Gasteiger partial charge in [-0.3, -0.25) is 4.79 Å². The predicted octanol–water partition coefficient (Wildman–Crippen LogP) is -0.0194. The molecule has 1 unspecified atom stereocenters. The molecular formula is C9H15N5O. The van der Waals surface area contributed by atoms with Crippen molar-refractivity contribution in [1.29, 1.82) is 0 Å². The van der Waals surface area contributed by atoms with E-state index in [1.54, 1.807) is 0 Å². The molecular weight excluding hydrogens is 194 g/mol. The van der Waals surface area contributed by atoms with Gasteiger partial charge in [-0.2, -0.15) is 0 Å². The van der Waals surface area contributed by atoms with E-state index in [-0.39, 0.29) is 5.92 Å². The average Bonchev–Trinajstić information content (AvgIpc) is 2.15. The Kier molecular flexibility index (Phi) is 3.43. The van der Waals surface area contributed by atoms with E-state index in [0.717, 1.165) is 0 Å². The minimum Gasteiger partial charge on any atom is -0.382 e. The summed E-state index contributed by atoms with van der Waals surface area (Å²) in [5, 5.41) is 2.90. The summed E-state index contributed by atoms with van der Waals surface area (Å²) >= 11 is 0.